The van der Waals surface area contributed by atoms with Gasteiger partial charge in [0.15, 0.2) is 12.1 Å². The van der Waals surface area contributed by atoms with Gasteiger partial charge in [-0.15, -0.1) is 0 Å². The largest absolute Gasteiger partial charge is 0.438 e. The predicted octanol–water partition coefficient (Wildman–Crippen LogP) is 5.36. The number of cyclic esters (lactones) is 1. The molecule has 0 aliphatic carbocycles. The number of nitrogens with zero attached hydrogens (tertiary/aromatic N) is 3. The van der Waals surface area contributed by atoms with Crippen molar-refractivity contribution in [2.24, 2.45) is 0 Å². The zero-order chi connectivity index (χ0) is 28.1. The second-order valence-corrected chi connectivity index (χ2v) is 9.86. The average molecular weight is 535 g/mol. The molecular formula is C32H30N4O4. The number of aromatic nitrogens is 1. The summed E-state index contributed by atoms with van der Waals surface area (Å²) in [6.07, 6.45) is 1.73. The molecule has 1 aliphatic rings. The van der Waals surface area contributed by atoms with Gasteiger partial charge in [-0.1, -0.05) is 72.3 Å². The van der Waals surface area contributed by atoms with Crippen LogP contribution in [0, 0.1) is 6.92 Å². The van der Waals surface area contributed by atoms with Crippen LogP contribution >= 0.6 is 0 Å². The fourth-order valence-electron chi connectivity index (χ4n) is 4.82. The predicted molar refractivity (Wildman–Crippen MR) is 151 cm³/mol. The number of benzene rings is 3. The fraction of sp³-hybridized carbons (Fsp3) is 0.188. The molecule has 4 aromatic rings. The topological polar surface area (TPSA) is 91.8 Å². The number of amides is 3. The molecule has 0 spiro atoms. The Bertz CT molecular complexity index is 1490. The van der Waals surface area contributed by atoms with Crippen LogP contribution in [0.25, 0.3) is 0 Å². The lowest BCUT2D eigenvalue weighted by molar-refractivity contribution is -0.136. The van der Waals surface area contributed by atoms with Crippen LogP contribution in [0.5, 0.6) is 0 Å². The molecule has 0 saturated carbocycles. The van der Waals surface area contributed by atoms with Crippen molar-refractivity contribution >= 4 is 23.6 Å². The van der Waals surface area contributed by atoms with Gasteiger partial charge in [0.25, 0.3) is 5.91 Å². The highest BCUT2D eigenvalue weighted by molar-refractivity contribution is 6.04. The molecule has 0 unspecified atom stereocenters. The third-order valence-electron chi connectivity index (χ3n) is 6.83. The molecule has 8 heteroatoms. The molecule has 3 aromatic carbocycles. The van der Waals surface area contributed by atoms with E-state index in [-0.39, 0.29) is 18.4 Å². The minimum Gasteiger partial charge on any atom is -0.438 e. The smallest absolute Gasteiger partial charge is 0.411 e. The number of carbonyl (C=O) groups is 3. The molecule has 0 radical (unpaired) electrons. The van der Waals surface area contributed by atoms with Crippen molar-refractivity contribution in [3.8, 4) is 0 Å². The molecule has 0 bridgehead atoms. The van der Waals surface area contributed by atoms with Crippen LogP contribution in [0.1, 0.15) is 38.7 Å². The SMILES string of the molecule is Cc1cccc(CN2C(=O)O[C@@H](c3ccc(NC(=O)c4cccnc4)cc3)[C@@H]2C(=O)N(C)Cc2ccccc2)c1. The van der Waals surface area contributed by atoms with E-state index in [9.17, 15) is 14.4 Å². The summed E-state index contributed by atoms with van der Waals surface area (Å²) in [7, 11) is 1.73. The second kappa shape index (κ2) is 11.8. The lowest BCUT2D eigenvalue weighted by Gasteiger charge is -2.28. The van der Waals surface area contributed by atoms with Gasteiger partial charge in [-0.05, 0) is 47.9 Å². The zero-order valence-electron chi connectivity index (χ0n) is 22.4. The monoisotopic (exact) mass is 534 g/mol. The number of pyridine rings is 1. The van der Waals surface area contributed by atoms with Gasteiger partial charge < -0.3 is 15.0 Å². The van der Waals surface area contributed by atoms with Gasteiger partial charge in [-0.3, -0.25) is 19.5 Å². The van der Waals surface area contributed by atoms with Crippen molar-refractivity contribution in [3.63, 3.8) is 0 Å². The second-order valence-electron chi connectivity index (χ2n) is 9.86. The van der Waals surface area contributed by atoms with Crippen molar-refractivity contribution in [2.45, 2.75) is 32.2 Å². The Labute approximate surface area is 233 Å². The summed E-state index contributed by atoms with van der Waals surface area (Å²) in [5.74, 6) is -0.505. The highest BCUT2D eigenvalue weighted by Crippen LogP contribution is 2.35. The molecule has 1 aromatic heterocycles. The Kier molecular flexibility index (Phi) is 7.87. The molecule has 8 nitrogen and oxygen atoms in total. The highest BCUT2D eigenvalue weighted by atomic mass is 16.6. The molecule has 5 rings (SSSR count). The third kappa shape index (κ3) is 6.02. The minimum absolute atomic E-state index is 0.221. The minimum atomic E-state index is -0.863. The van der Waals surface area contributed by atoms with E-state index >= 15 is 0 Å². The van der Waals surface area contributed by atoms with E-state index in [1.54, 1.807) is 54.5 Å². The van der Waals surface area contributed by atoms with Gasteiger partial charge in [0.1, 0.15) is 0 Å². The van der Waals surface area contributed by atoms with Gasteiger partial charge in [0.05, 0.1) is 12.1 Å². The van der Waals surface area contributed by atoms with Crippen molar-refractivity contribution in [1.29, 1.82) is 0 Å². The van der Waals surface area contributed by atoms with Gasteiger partial charge in [0.2, 0.25) is 5.91 Å². The van der Waals surface area contributed by atoms with Crippen LogP contribution in [0.3, 0.4) is 0 Å². The quantitative estimate of drug-likeness (QED) is 0.329. The number of anilines is 1. The summed E-state index contributed by atoms with van der Waals surface area (Å²) in [5.41, 5.74) is 4.63. The summed E-state index contributed by atoms with van der Waals surface area (Å²) >= 11 is 0. The van der Waals surface area contributed by atoms with Gasteiger partial charge in [-0.25, -0.2) is 4.79 Å². The number of hydrogen-bond acceptors (Lipinski definition) is 5. The van der Waals surface area contributed by atoms with Crippen molar-refractivity contribution in [1.82, 2.24) is 14.8 Å². The maximum atomic E-state index is 13.9. The Hall–Kier alpha value is -4.98. The fourth-order valence-corrected chi connectivity index (χ4v) is 4.82. The van der Waals surface area contributed by atoms with E-state index in [2.05, 4.69) is 10.3 Å². The highest BCUT2D eigenvalue weighted by Gasteiger charge is 2.48. The van der Waals surface area contributed by atoms with Crippen LogP contribution in [-0.4, -0.2) is 45.8 Å². The maximum absolute atomic E-state index is 13.9. The number of aryl methyl sites for hydroxylation is 1. The molecule has 1 fully saturated rings. The zero-order valence-corrected chi connectivity index (χ0v) is 22.4. The maximum Gasteiger partial charge on any atom is 0.411 e. The summed E-state index contributed by atoms with van der Waals surface area (Å²) in [6, 6.07) is 27.1. The van der Waals surface area contributed by atoms with Gasteiger partial charge >= 0.3 is 6.09 Å². The third-order valence-corrected chi connectivity index (χ3v) is 6.83. The molecule has 2 atom stereocenters. The van der Waals surface area contributed by atoms with Crippen molar-refractivity contribution in [2.75, 3.05) is 12.4 Å². The van der Waals surface area contributed by atoms with Gasteiger partial charge in [-0.2, -0.15) is 0 Å². The van der Waals surface area contributed by atoms with Crippen LogP contribution in [0.2, 0.25) is 0 Å². The normalized spacial score (nSPS) is 16.4. The van der Waals surface area contributed by atoms with Crippen LogP contribution in [-0.2, 0) is 22.6 Å². The Morgan fingerprint density at radius 3 is 2.40 bits per heavy atom. The molecule has 1 saturated heterocycles. The Morgan fingerprint density at radius 2 is 1.70 bits per heavy atom. The first-order valence-corrected chi connectivity index (χ1v) is 13.0. The molecule has 40 heavy (non-hydrogen) atoms. The van der Waals surface area contributed by atoms with Crippen molar-refractivity contribution < 1.29 is 19.1 Å². The van der Waals surface area contributed by atoms with E-state index in [1.165, 1.54) is 11.1 Å². The Balaban J connectivity index is 1.40. The number of hydrogen-bond donors (Lipinski definition) is 1. The first-order chi connectivity index (χ1) is 19.4. The van der Waals surface area contributed by atoms with E-state index in [0.717, 1.165) is 16.7 Å². The summed E-state index contributed by atoms with van der Waals surface area (Å²) in [4.78, 5) is 46.7. The van der Waals surface area contributed by atoms with Crippen LogP contribution in [0.4, 0.5) is 10.5 Å². The average Bonchev–Trinajstić information content (AvgIpc) is 3.29. The van der Waals surface area contributed by atoms with Gasteiger partial charge in [0, 0.05) is 31.7 Å². The number of carbonyl (C=O) groups excluding carboxylic acids is 3. The summed E-state index contributed by atoms with van der Waals surface area (Å²) < 4.78 is 5.83. The molecule has 3 amide bonds. The number of rotatable bonds is 8. The van der Waals surface area contributed by atoms with E-state index in [0.29, 0.717) is 23.4 Å². The molecule has 1 N–H and O–H groups in total. The molecule has 202 valence electrons. The van der Waals surface area contributed by atoms with Crippen LogP contribution in [0.15, 0.2) is 103 Å². The number of nitrogens with one attached hydrogen (secondary N) is 1. The van der Waals surface area contributed by atoms with E-state index in [4.69, 9.17) is 4.74 Å². The van der Waals surface area contributed by atoms with E-state index < -0.39 is 18.2 Å². The summed E-state index contributed by atoms with van der Waals surface area (Å²) in [6.45, 7) is 2.63. The first-order valence-electron chi connectivity index (χ1n) is 13.0. The lowest BCUT2D eigenvalue weighted by atomic mass is 9.99. The molecular weight excluding hydrogens is 504 g/mol. The van der Waals surface area contributed by atoms with Crippen LogP contribution < -0.4 is 5.32 Å². The molecule has 1 aliphatic heterocycles. The first kappa shape index (κ1) is 26.6. The van der Waals surface area contributed by atoms with Crippen molar-refractivity contribution in [3.05, 3.63) is 131 Å². The molecule has 2 heterocycles. The standard InChI is InChI=1S/C32H30N4O4/c1-22-8-6-11-24(18-22)21-36-28(31(38)35(2)20-23-9-4-3-5-10-23)29(40-32(36)39)25-13-15-27(16-14-25)34-30(37)26-12-7-17-33-19-26/h3-19,28-29H,20-21H2,1-2H3,(H,34,37)/t28-,29+/m1/s1. The lowest BCUT2D eigenvalue weighted by Crippen LogP contribution is -2.46. The summed E-state index contributed by atoms with van der Waals surface area (Å²) in [5, 5.41) is 2.84. The number of likely N-dealkylation sites (N-methyl/N-ethyl adjacent to an activating group) is 1. The Morgan fingerprint density at radius 1 is 0.950 bits per heavy atom. The van der Waals surface area contributed by atoms with E-state index in [1.807, 2.05) is 61.5 Å². The number of ether oxygens (including phenoxy) is 1.